The third-order valence-electron chi connectivity index (χ3n) is 3.53. The zero-order valence-corrected chi connectivity index (χ0v) is 12.4. The lowest BCUT2D eigenvalue weighted by molar-refractivity contribution is 0.393. The van der Waals surface area contributed by atoms with Gasteiger partial charge in [0, 0.05) is 23.2 Å². The van der Waals surface area contributed by atoms with E-state index in [2.05, 4.69) is 5.32 Å². The molecule has 0 heterocycles. The van der Waals surface area contributed by atoms with Gasteiger partial charge in [0.25, 0.3) is 0 Å². The summed E-state index contributed by atoms with van der Waals surface area (Å²) in [6.07, 6.45) is 0. The monoisotopic (exact) mass is 291 g/mol. The van der Waals surface area contributed by atoms with Crippen LogP contribution < -0.4 is 10.1 Å². The highest BCUT2D eigenvalue weighted by Crippen LogP contribution is 2.28. The Kier molecular flexibility index (Phi) is 4.91. The van der Waals surface area contributed by atoms with E-state index in [1.54, 1.807) is 31.4 Å². The van der Waals surface area contributed by atoms with Crippen molar-refractivity contribution in [2.75, 3.05) is 7.11 Å². The van der Waals surface area contributed by atoms with Crippen LogP contribution in [-0.2, 0) is 0 Å². The molecule has 0 aliphatic rings. The lowest BCUT2D eigenvalue weighted by Crippen LogP contribution is -2.23. The Morgan fingerprint density at radius 1 is 0.952 bits per heavy atom. The van der Waals surface area contributed by atoms with Gasteiger partial charge in [0.05, 0.1) is 7.11 Å². The molecule has 0 aromatic heterocycles. The standard InChI is InChI=1S/C17H19F2NO/c1-11(14-6-4-5-7-16(14)19)20-12(2)15-10-13(18)8-9-17(15)21-3/h4-12,20H,1-3H3. The van der Waals surface area contributed by atoms with Crippen LogP contribution in [0.4, 0.5) is 8.78 Å². The van der Waals surface area contributed by atoms with Crippen molar-refractivity contribution in [1.82, 2.24) is 5.32 Å². The van der Waals surface area contributed by atoms with Crippen LogP contribution in [0.2, 0.25) is 0 Å². The fraction of sp³-hybridized carbons (Fsp3) is 0.294. The fourth-order valence-electron chi connectivity index (χ4n) is 2.42. The maximum absolute atomic E-state index is 13.8. The van der Waals surface area contributed by atoms with Crippen LogP contribution in [0, 0.1) is 11.6 Å². The van der Waals surface area contributed by atoms with Crippen LogP contribution in [-0.4, -0.2) is 7.11 Å². The first-order chi connectivity index (χ1) is 10.0. The molecule has 2 unspecified atom stereocenters. The smallest absolute Gasteiger partial charge is 0.127 e. The van der Waals surface area contributed by atoms with Gasteiger partial charge in [-0.3, -0.25) is 0 Å². The zero-order valence-electron chi connectivity index (χ0n) is 12.4. The second kappa shape index (κ2) is 6.68. The summed E-state index contributed by atoms with van der Waals surface area (Å²) in [7, 11) is 1.55. The second-order valence-corrected chi connectivity index (χ2v) is 5.02. The Balaban J connectivity index is 2.20. The first-order valence-electron chi connectivity index (χ1n) is 6.87. The average Bonchev–Trinajstić information content (AvgIpc) is 2.47. The van der Waals surface area contributed by atoms with E-state index in [1.165, 1.54) is 18.2 Å². The van der Waals surface area contributed by atoms with Crippen LogP contribution in [0.5, 0.6) is 5.75 Å². The summed E-state index contributed by atoms with van der Waals surface area (Å²) in [6.45, 7) is 3.77. The molecule has 21 heavy (non-hydrogen) atoms. The van der Waals surface area contributed by atoms with E-state index >= 15 is 0 Å². The van der Waals surface area contributed by atoms with Crippen molar-refractivity contribution in [3.63, 3.8) is 0 Å². The Bertz CT molecular complexity index is 615. The van der Waals surface area contributed by atoms with Crippen LogP contribution in [0.15, 0.2) is 42.5 Å². The van der Waals surface area contributed by atoms with Crippen LogP contribution in [0.25, 0.3) is 0 Å². The van der Waals surface area contributed by atoms with E-state index in [4.69, 9.17) is 4.74 Å². The molecule has 0 bridgehead atoms. The Labute approximate surface area is 123 Å². The molecule has 4 heteroatoms. The largest absolute Gasteiger partial charge is 0.496 e. The molecule has 0 aliphatic carbocycles. The quantitative estimate of drug-likeness (QED) is 0.882. The van der Waals surface area contributed by atoms with Gasteiger partial charge in [0.15, 0.2) is 0 Å². The van der Waals surface area contributed by atoms with Crippen molar-refractivity contribution in [3.8, 4) is 5.75 Å². The lowest BCUT2D eigenvalue weighted by atomic mass is 10.0. The topological polar surface area (TPSA) is 21.3 Å². The van der Waals surface area contributed by atoms with Gasteiger partial charge in [-0.05, 0) is 38.1 Å². The van der Waals surface area contributed by atoms with Crippen LogP contribution in [0.1, 0.15) is 37.1 Å². The predicted octanol–water partition coefficient (Wildman–Crippen LogP) is 4.39. The first-order valence-corrected chi connectivity index (χ1v) is 6.87. The van der Waals surface area contributed by atoms with Gasteiger partial charge in [-0.2, -0.15) is 0 Å². The van der Waals surface area contributed by atoms with Crippen molar-refractivity contribution in [2.24, 2.45) is 0 Å². The molecule has 0 spiro atoms. The van der Waals surface area contributed by atoms with E-state index in [9.17, 15) is 8.78 Å². The number of nitrogens with one attached hydrogen (secondary N) is 1. The number of benzene rings is 2. The summed E-state index contributed by atoms with van der Waals surface area (Å²) in [5.41, 5.74) is 1.29. The van der Waals surface area contributed by atoms with Crippen LogP contribution in [0.3, 0.4) is 0 Å². The van der Waals surface area contributed by atoms with Crippen molar-refractivity contribution < 1.29 is 13.5 Å². The summed E-state index contributed by atoms with van der Waals surface area (Å²) in [4.78, 5) is 0. The molecular formula is C17H19F2NO. The van der Waals surface area contributed by atoms with Crippen molar-refractivity contribution in [1.29, 1.82) is 0 Å². The highest BCUT2D eigenvalue weighted by atomic mass is 19.1. The van der Waals surface area contributed by atoms with Gasteiger partial charge < -0.3 is 10.1 Å². The Morgan fingerprint density at radius 3 is 2.29 bits per heavy atom. The summed E-state index contributed by atoms with van der Waals surface area (Å²) >= 11 is 0. The van der Waals surface area contributed by atoms with Gasteiger partial charge in [-0.25, -0.2) is 8.78 Å². The predicted molar refractivity (Wildman–Crippen MR) is 79.3 cm³/mol. The highest BCUT2D eigenvalue weighted by Gasteiger charge is 2.17. The van der Waals surface area contributed by atoms with Crippen molar-refractivity contribution in [3.05, 3.63) is 65.2 Å². The molecule has 1 N–H and O–H groups in total. The second-order valence-electron chi connectivity index (χ2n) is 5.02. The van der Waals surface area contributed by atoms with E-state index < -0.39 is 0 Å². The molecule has 0 saturated carbocycles. The number of ether oxygens (including phenoxy) is 1. The molecule has 0 saturated heterocycles. The summed E-state index contributed by atoms with van der Waals surface area (Å²) in [5.74, 6) is 0.0334. The molecule has 2 aromatic carbocycles. The van der Waals surface area contributed by atoms with Crippen molar-refractivity contribution >= 4 is 0 Å². The number of hydrogen-bond donors (Lipinski definition) is 1. The highest BCUT2D eigenvalue weighted by molar-refractivity contribution is 5.36. The molecule has 0 radical (unpaired) electrons. The number of hydrogen-bond acceptors (Lipinski definition) is 2. The van der Waals surface area contributed by atoms with Gasteiger partial charge in [-0.1, -0.05) is 18.2 Å². The van der Waals surface area contributed by atoms with E-state index in [0.29, 0.717) is 16.9 Å². The molecule has 2 nitrogen and oxygen atoms in total. The SMILES string of the molecule is COc1ccc(F)cc1C(C)NC(C)c1ccccc1F. The summed E-state index contributed by atoms with van der Waals surface area (Å²) in [5, 5.41) is 3.27. The fourth-order valence-corrected chi connectivity index (χ4v) is 2.42. The average molecular weight is 291 g/mol. The van der Waals surface area contributed by atoms with Gasteiger partial charge in [0.1, 0.15) is 17.4 Å². The minimum absolute atomic E-state index is 0.176. The zero-order chi connectivity index (χ0) is 15.4. The third-order valence-corrected chi connectivity index (χ3v) is 3.53. The molecular weight excluding hydrogens is 272 g/mol. The van der Waals surface area contributed by atoms with E-state index in [0.717, 1.165) is 0 Å². The molecule has 112 valence electrons. The number of rotatable bonds is 5. The summed E-state index contributed by atoms with van der Waals surface area (Å²) < 4.78 is 32.5. The van der Waals surface area contributed by atoms with Crippen LogP contribution >= 0.6 is 0 Å². The van der Waals surface area contributed by atoms with Crippen molar-refractivity contribution in [2.45, 2.75) is 25.9 Å². The van der Waals surface area contributed by atoms with Gasteiger partial charge >= 0.3 is 0 Å². The maximum Gasteiger partial charge on any atom is 0.127 e. The Hall–Kier alpha value is -1.94. The molecule has 0 aliphatic heterocycles. The number of methoxy groups -OCH3 is 1. The van der Waals surface area contributed by atoms with Gasteiger partial charge in [-0.15, -0.1) is 0 Å². The van der Waals surface area contributed by atoms with Gasteiger partial charge in [0.2, 0.25) is 0 Å². The summed E-state index contributed by atoms with van der Waals surface area (Å²) in [6, 6.07) is 10.6. The minimum atomic E-state index is -0.321. The molecule has 2 aromatic rings. The Morgan fingerprint density at radius 2 is 1.62 bits per heavy atom. The molecule has 2 atom stereocenters. The normalized spacial score (nSPS) is 13.8. The minimum Gasteiger partial charge on any atom is -0.496 e. The van der Waals surface area contributed by atoms with E-state index in [-0.39, 0.29) is 23.7 Å². The molecule has 0 fully saturated rings. The first kappa shape index (κ1) is 15.4. The lowest BCUT2D eigenvalue weighted by Gasteiger charge is -2.22. The molecule has 2 rings (SSSR count). The maximum atomic E-state index is 13.8. The number of halogens is 2. The third kappa shape index (κ3) is 3.58. The molecule has 0 amide bonds. The van der Waals surface area contributed by atoms with E-state index in [1.807, 2.05) is 13.8 Å².